The largest absolute Gasteiger partial charge is 0.325 e. The quantitative estimate of drug-likeness (QED) is 0.559. The first-order valence-corrected chi connectivity index (χ1v) is 10.3. The number of fused-ring (bicyclic) bond motifs is 2. The standard InChI is InChI=1S/C21H19F2N3O3S/c22-19(23)30-15-9-7-14(8-10-15)24-17(27)12-26-18(28)21(25-20(26)29)11-3-5-13-4-1-2-6-16(13)21/h1-2,4,6-10,19H,3,5,11-12H2,(H,24,27)(H,25,29). The Balaban J connectivity index is 1.46. The summed E-state index contributed by atoms with van der Waals surface area (Å²) >= 11 is 0.408. The molecule has 4 rings (SSSR count). The highest BCUT2D eigenvalue weighted by Crippen LogP contribution is 2.39. The highest BCUT2D eigenvalue weighted by Gasteiger charge is 2.54. The lowest BCUT2D eigenvalue weighted by Gasteiger charge is -2.33. The summed E-state index contributed by atoms with van der Waals surface area (Å²) in [5.41, 5.74) is 1.07. The summed E-state index contributed by atoms with van der Waals surface area (Å²) in [6, 6.07) is 12.8. The lowest BCUT2D eigenvalue weighted by Crippen LogP contribution is -2.47. The molecule has 156 valence electrons. The zero-order chi connectivity index (χ0) is 21.3. The van der Waals surface area contributed by atoms with Gasteiger partial charge in [-0.3, -0.25) is 14.5 Å². The van der Waals surface area contributed by atoms with Crippen LogP contribution in [0.25, 0.3) is 0 Å². The van der Waals surface area contributed by atoms with Gasteiger partial charge >= 0.3 is 6.03 Å². The van der Waals surface area contributed by atoms with Crippen LogP contribution >= 0.6 is 11.8 Å². The second-order valence-electron chi connectivity index (χ2n) is 7.19. The maximum absolute atomic E-state index is 13.2. The van der Waals surface area contributed by atoms with E-state index >= 15 is 0 Å². The summed E-state index contributed by atoms with van der Waals surface area (Å²) in [7, 11) is 0. The predicted octanol–water partition coefficient (Wildman–Crippen LogP) is 3.72. The van der Waals surface area contributed by atoms with Crippen molar-refractivity contribution in [2.45, 2.75) is 35.5 Å². The Hall–Kier alpha value is -2.94. The fourth-order valence-electron chi connectivity index (χ4n) is 4.02. The molecular weight excluding hydrogens is 412 g/mol. The highest BCUT2D eigenvalue weighted by molar-refractivity contribution is 7.99. The lowest BCUT2D eigenvalue weighted by atomic mass is 9.76. The monoisotopic (exact) mass is 431 g/mol. The maximum Gasteiger partial charge on any atom is 0.325 e. The summed E-state index contributed by atoms with van der Waals surface area (Å²) in [6.45, 7) is -0.428. The minimum absolute atomic E-state index is 0.370. The minimum Gasteiger partial charge on any atom is -0.325 e. The number of hydrogen-bond acceptors (Lipinski definition) is 4. The molecule has 30 heavy (non-hydrogen) atoms. The zero-order valence-electron chi connectivity index (χ0n) is 15.9. The van der Waals surface area contributed by atoms with Gasteiger partial charge in [-0.2, -0.15) is 8.78 Å². The average Bonchev–Trinajstić information content (AvgIpc) is 2.94. The summed E-state index contributed by atoms with van der Waals surface area (Å²) in [5, 5.41) is 5.40. The summed E-state index contributed by atoms with van der Waals surface area (Å²) in [5.74, 6) is -3.50. The van der Waals surface area contributed by atoms with Crippen molar-refractivity contribution >= 4 is 35.3 Å². The summed E-state index contributed by atoms with van der Waals surface area (Å²) in [4.78, 5) is 39.5. The molecule has 1 aliphatic heterocycles. The number of imide groups is 1. The molecule has 1 unspecified atom stereocenters. The van der Waals surface area contributed by atoms with Crippen LogP contribution in [0.5, 0.6) is 0 Å². The Bertz CT molecular complexity index is 999. The van der Waals surface area contributed by atoms with Gasteiger partial charge in [0.05, 0.1) is 0 Å². The number of carbonyl (C=O) groups is 3. The van der Waals surface area contributed by atoms with Gasteiger partial charge < -0.3 is 10.6 Å². The van der Waals surface area contributed by atoms with Crippen LogP contribution in [0.1, 0.15) is 24.0 Å². The fourth-order valence-corrected chi connectivity index (χ4v) is 4.52. The number of hydrogen-bond donors (Lipinski definition) is 2. The van der Waals surface area contributed by atoms with Gasteiger partial charge in [0.1, 0.15) is 12.1 Å². The third-order valence-electron chi connectivity index (χ3n) is 5.32. The van der Waals surface area contributed by atoms with Gasteiger partial charge in [0.15, 0.2) is 0 Å². The summed E-state index contributed by atoms with van der Waals surface area (Å²) in [6.07, 6.45) is 2.07. The number of alkyl halides is 2. The third kappa shape index (κ3) is 3.77. The maximum atomic E-state index is 13.2. The second-order valence-corrected chi connectivity index (χ2v) is 8.25. The Morgan fingerprint density at radius 1 is 1.17 bits per heavy atom. The van der Waals surface area contributed by atoms with E-state index in [-0.39, 0.29) is 0 Å². The van der Waals surface area contributed by atoms with E-state index in [1.165, 1.54) is 24.3 Å². The van der Waals surface area contributed by atoms with Crippen molar-refractivity contribution in [3.8, 4) is 0 Å². The summed E-state index contributed by atoms with van der Waals surface area (Å²) < 4.78 is 24.8. The Morgan fingerprint density at radius 2 is 1.90 bits per heavy atom. The van der Waals surface area contributed by atoms with Gasteiger partial charge in [-0.1, -0.05) is 36.0 Å². The van der Waals surface area contributed by atoms with E-state index in [0.717, 1.165) is 28.9 Å². The number of urea groups is 1. The van der Waals surface area contributed by atoms with Crippen molar-refractivity contribution in [3.63, 3.8) is 0 Å². The van der Waals surface area contributed by atoms with Gasteiger partial charge in [0.2, 0.25) is 5.91 Å². The van der Waals surface area contributed by atoms with Crippen molar-refractivity contribution in [3.05, 3.63) is 59.7 Å². The fraction of sp³-hybridized carbons (Fsp3) is 0.286. The van der Waals surface area contributed by atoms with Crippen LogP contribution in [0.2, 0.25) is 0 Å². The number of benzene rings is 2. The minimum atomic E-state index is -2.53. The normalized spacial score (nSPS) is 20.4. The number of rotatable bonds is 5. The molecule has 2 N–H and O–H groups in total. The molecule has 1 atom stereocenters. The number of anilines is 1. The molecule has 2 aromatic carbocycles. The highest BCUT2D eigenvalue weighted by atomic mass is 32.2. The molecule has 1 aliphatic carbocycles. The SMILES string of the molecule is O=C(CN1C(=O)NC2(CCCc3ccccc32)C1=O)Nc1ccc(SC(F)F)cc1. The molecule has 0 radical (unpaired) electrons. The van der Waals surface area contributed by atoms with Gasteiger partial charge in [-0.25, -0.2) is 4.79 Å². The van der Waals surface area contributed by atoms with Crippen molar-refractivity contribution in [1.82, 2.24) is 10.2 Å². The van der Waals surface area contributed by atoms with E-state index in [4.69, 9.17) is 0 Å². The van der Waals surface area contributed by atoms with Crippen LogP contribution in [0.3, 0.4) is 0 Å². The molecular formula is C21H19F2N3O3S. The molecule has 0 bridgehead atoms. The molecule has 6 nitrogen and oxygen atoms in total. The first-order chi connectivity index (χ1) is 14.4. The van der Waals surface area contributed by atoms with E-state index in [1.807, 2.05) is 24.3 Å². The Labute approximate surface area is 176 Å². The predicted molar refractivity (Wildman–Crippen MR) is 108 cm³/mol. The van der Waals surface area contributed by atoms with Gasteiger partial charge in [-0.15, -0.1) is 0 Å². The molecule has 1 saturated heterocycles. The number of aryl methyl sites for hydroxylation is 1. The smallest absolute Gasteiger partial charge is 0.325 e. The average molecular weight is 431 g/mol. The first-order valence-electron chi connectivity index (χ1n) is 9.46. The van der Waals surface area contributed by atoms with Crippen LogP contribution in [0, 0.1) is 0 Å². The number of carbonyl (C=O) groups excluding carboxylic acids is 3. The van der Waals surface area contributed by atoms with Crippen LogP contribution < -0.4 is 10.6 Å². The molecule has 1 heterocycles. The van der Waals surface area contributed by atoms with Crippen LogP contribution in [0.15, 0.2) is 53.4 Å². The van der Waals surface area contributed by atoms with Crippen molar-refractivity contribution < 1.29 is 23.2 Å². The third-order valence-corrected chi connectivity index (χ3v) is 6.04. The van der Waals surface area contributed by atoms with Gasteiger partial charge in [-0.05, 0) is 54.7 Å². The van der Waals surface area contributed by atoms with E-state index < -0.39 is 35.7 Å². The van der Waals surface area contributed by atoms with E-state index in [1.54, 1.807) is 0 Å². The van der Waals surface area contributed by atoms with Crippen molar-refractivity contribution in [1.29, 1.82) is 0 Å². The van der Waals surface area contributed by atoms with Crippen molar-refractivity contribution in [2.24, 2.45) is 0 Å². The van der Waals surface area contributed by atoms with E-state index in [9.17, 15) is 23.2 Å². The van der Waals surface area contributed by atoms with Crippen molar-refractivity contribution in [2.75, 3.05) is 11.9 Å². The first kappa shape index (κ1) is 20.3. The van der Waals surface area contributed by atoms with Crippen LogP contribution in [-0.4, -0.2) is 35.0 Å². The number of amides is 4. The molecule has 2 aliphatic rings. The molecule has 4 amide bonds. The van der Waals surface area contributed by atoms with E-state index in [2.05, 4.69) is 10.6 Å². The van der Waals surface area contributed by atoms with Crippen LogP contribution in [-0.2, 0) is 21.5 Å². The van der Waals surface area contributed by atoms with Crippen LogP contribution in [0.4, 0.5) is 19.3 Å². The number of halogens is 2. The number of thioether (sulfide) groups is 1. The van der Waals surface area contributed by atoms with E-state index in [0.29, 0.717) is 28.8 Å². The zero-order valence-corrected chi connectivity index (χ0v) is 16.7. The number of nitrogens with one attached hydrogen (secondary N) is 2. The number of nitrogens with zero attached hydrogens (tertiary/aromatic N) is 1. The lowest BCUT2D eigenvalue weighted by molar-refractivity contribution is -0.134. The Morgan fingerprint density at radius 3 is 2.63 bits per heavy atom. The molecule has 0 saturated carbocycles. The molecule has 0 aromatic heterocycles. The molecule has 9 heteroatoms. The molecule has 2 aromatic rings. The molecule has 1 spiro atoms. The molecule has 1 fully saturated rings. The second kappa shape index (κ2) is 8.06. The topological polar surface area (TPSA) is 78.5 Å². The van der Waals surface area contributed by atoms with Gasteiger partial charge in [0.25, 0.3) is 11.7 Å². The van der Waals surface area contributed by atoms with Gasteiger partial charge in [0, 0.05) is 10.6 Å². The Kier molecular flexibility index (Phi) is 5.46.